The molecule has 9 heteroatoms. The van der Waals surface area contributed by atoms with E-state index in [1.165, 1.54) is 0 Å². The molecule has 1 N–H and O–H groups in total. The van der Waals surface area contributed by atoms with Gasteiger partial charge in [0.1, 0.15) is 0 Å². The molecule has 4 rings (SSSR count). The average Bonchev–Trinajstić information content (AvgIpc) is 3.35. The molecule has 0 bridgehead atoms. The van der Waals surface area contributed by atoms with Crippen molar-refractivity contribution >= 4 is 17.0 Å². The second-order valence-corrected chi connectivity index (χ2v) is 6.52. The third-order valence-electron chi connectivity index (χ3n) is 4.39. The fourth-order valence-electron chi connectivity index (χ4n) is 2.99. The van der Waals surface area contributed by atoms with E-state index in [9.17, 15) is 4.79 Å². The second kappa shape index (κ2) is 6.35. The van der Waals surface area contributed by atoms with E-state index in [1.807, 2.05) is 39.5 Å². The SMILES string of the molecule is Cc1noc2nc(-c3cnn(C)c3)cc(C(=O)N[C@H](C)c3ccn(C)n3)c12. The van der Waals surface area contributed by atoms with Gasteiger partial charge in [-0.05, 0) is 26.0 Å². The van der Waals surface area contributed by atoms with Crippen molar-refractivity contribution in [1.82, 2.24) is 35.0 Å². The summed E-state index contributed by atoms with van der Waals surface area (Å²) in [5.41, 5.74) is 3.57. The molecule has 0 aliphatic carbocycles. The number of pyridine rings is 1. The number of rotatable bonds is 4. The molecule has 0 aromatic carbocycles. The fraction of sp³-hybridized carbons (Fsp3) is 0.278. The highest BCUT2D eigenvalue weighted by Gasteiger charge is 2.21. The number of fused-ring (bicyclic) bond motifs is 1. The van der Waals surface area contributed by atoms with Gasteiger partial charge in [0.2, 0.25) is 0 Å². The predicted molar refractivity (Wildman–Crippen MR) is 97.8 cm³/mol. The first-order chi connectivity index (χ1) is 12.9. The third-order valence-corrected chi connectivity index (χ3v) is 4.39. The molecule has 138 valence electrons. The van der Waals surface area contributed by atoms with Gasteiger partial charge < -0.3 is 9.84 Å². The van der Waals surface area contributed by atoms with Crippen LogP contribution in [0.5, 0.6) is 0 Å². The van der Waals surface area contributed by atoms with Gasteiger partial charge in [-0.25, -0.2) is 4.98 Å². The number of hydrogen-bond donors (Lipinski definition) is 1. The minimum atomic E-state index is -0.246. The molecular weight excluding hydrogens is 346 g/mol. The van der Waals surface area contributed by atoms with Gasteiger partial charge in [-0.15, -0.1) is 0 Å². The summed E-state index contributed by atoms with van der Waals surface area (Å²) in [6, 6.07) is 3.37. The van der Waals surface area contributed by atoms with Gasteiger partial charge >= 0.3 is 0 Å². The van der Waals surface area contributed by atoms with Gasteiger partial charge in [-0.3, -0.25) is 14.2 Å². The zero-order chi connectivity index (χ0) is 19.1. The van der Waals surface area contributed by atoms with E-state index in [1.54, 1.807) is 28.6 Å². The van der Waals surface area contributed by atoms with Crippen molar-refractivity contribution in [2.75, 3.05) is 0 Å². The van der Waals surface area contributed by atoms with Crippen molar-refractivity contribution in [3.8, 4) is 11.3 Å². The second-order valence-electron chi connectivity index (χ2n) is 6.52. The molecule has 0 spiro atoms. The lowest BCUT2D eigenvalue weighted by Crippen LogP contribution is -2.27. The Balaban J connectivity index is 1.74. The zero-order valence-electron chi connectivity index (χ0n) is 15.5. The van der Waals surface area contributed by atoms with Crippen LogP contribution in [0.3, 0.4) is 0 Å². The van der Waals surface area contributed by atoms with Gasteiger partial charge in [-0.1, -0.05) is 5.16 Å². The molecule has 0 fully saturated rings. The van der Waals surface area contributed by atoms with E-state index >= 15 is 0 Å². The topological polar surface area (TPSA) is 104 Å². The molecule has 0 saturated carbocycles. The summed E-state index contributed by atoms with van der Waals surface area (Å²) in [4.78, 5) is 17.5. The molecule has 1 atom stereocenters. The van der Waals surface area contributed by atoms with Crippen LogP contribution in [-0.4, -0.2) is 35.6 Å². The number of carbonyl (C=O) groups excluding carboxylic acids is 1. The Bertz CT molecular complexity index is 1140. The summed E-state index contributed by atoms with van der Waals surface area (Å²) in [7, 11) is 3.66. The van der Waals surface area contributed by atoms with Crippen molar-refractivity contribution in [2.24, 2.45) is 14.1 Å². The number of nitrogens with one attached hydrogen (secondary N) is 1. The van der Waals surface area contributed by atoms with E-state index in [-0.39, 0.29) is 11.9 Å². The minimum Gasteiger partial charge on any atom is -0.344 e. The van der Waals surface area contributed by atoms with Crippen LogP contribution in [0.1, 0.15) is 34.7 Å². The molecule has 0 aliphatic rings. The minimum absolute atomic E-state index is 0.239. The van der Waals surface area contributed by atoms with E-state index in [4.69, 9.17) is 4.52 Å². The van der Waals surface area contributed by atoms with Crippen LogP contribution in [0, 0.1) is 6.92 Å². The maximum absolute atomic E-state index is 13.0. The lowest BCUT2D eigenvalue weighted by Gasteiger charge is -2.12. The molecule has 0 aliphatic heterocycles. The molecule has 4 heterocycles. The Morgan fingerprint density at radius 3 is 2.78 bits per heavy atom. The molecule has 1 amide bonds. The summed E-state index contributed by atoms with van der Waals surface area (Å²) in [6.45, 7) is 3.68. The van der Waals surface area contributed by atoms with Crippen molar-refractivity contribution in [3.05, 3.63) is 47.7 Å². The Hall–Kier alpha value is -3.49. The predicted octanol–water partition coefficient (Wildman–Crippen LogP) is 2.16. The van der Waals surface area contributed by atoms with Gasteiger partial charge in [0.25, 0.3) is 11.6 Å². The van der Waals surface area contributed by atoms with E-state index in [0.29, 0.717) is 28.1 Å². The molecule has 0 unspecified atom stereocenters. The van der Waals surface area contributed by atoms with Crippen molar-refractivity contribution < 1.29 is 9.32 Å². The number of carbonyl (C=O) groups is 1. The highest BCUT2D eigenvalue weighted by atomic mass is 16.5. The summed E-state index contributed by atoms with van der Waals surface area (Å²) < 4.78 is 8.70. The Morgan fingerprint density at radius 2 is 2.11 bits per heavy atom. The van der Waals surface area contributed by atoms with Crippen LogP contribution >= 0.6 is 0 Å². The summed E-state index contributed by atoms with van der Waals surface area (Å²) in [5.74, 6) is -0.239. The van der Waals surface area contributed by atoms with Gasteiger partial charge in [0.05, 0.1) is 40.3 Å². The first-order valence-electron chi connectivity index (χ1n) is 8.49. The van der Waals surface area contributed by atoms with Crippen LogP contribution in [0.25, 0.3) is 22.4 Å². The van der Waals surface area contributed by atoms with E-state index in [0.717, 1.165) is 11.3 Å². The summed E-state index contributed by atoms with van der Waals surface area (Å²) >= 11 is 0. The standard InChI is InChI=1S/C18H19N7O2/c1-10(14-5-6-24(3)22-14)20-17(26)13-7-15(12-8-19-25(4)9-12)21-18-16(13)11(2)23-27-18/h5-10H,1-4H3,(H,20,26)/t10-/m1/s1. The molecule has 0 saturated heterocycles. The van der Waals surface area contributed by atoms with Crippen LogP contribution in [0.15, 0.2) is 35.2 Å². The number of amides is 1. The normalized spacial score (nSPS) is 12.4. The summed E-state index contributed by atoms with van der Waals surface area (Å²) in [6.07, 6.45) is 5.36. The van der Waals surface area contributed by atoms with Crippen LogP contribution in [0.2, 0.25) is 0 Å². The smallest absolute Gasteiger partial charge is 0.259 e. The van der Waals surface area contributed by atoms with Crippen molar-refractivity contribution in [2.45, 2.75) is 19.9 Å². The first kappa shape index (κ1) is 17.0. The Labute approximate surface area is 155 Å². The molecule has 9 nitrogen and oxygen atoms in total. The number of nitrogens with zero attached hydrogens (tertiary/aromatic N) is 6. The van der Waals surface area contributed by atoms with Crippen LogP contribution in [-0.2, 0) is 14.1 Å². The first-order valence-corrected chi connectivity index (χ1v) is 8.49. The molecule has 4 aromatic heterocycles. The largest absolute Gasteiger partial charge is 0.344 e. The van der Waals surface area contributed by atoms with Gasteiger partial charge in [0, 0.05) is 32.1 Å². The molecule has 4 aromatic rings. The maximum Gasteiger partial charge on any atom is 0.259 e. The Kier molecular flexibility index (Phi) is 3.98. The fourth-order valence-corrected chi connectivity index (χ4v) is 2.99. The lowest BCUT2D eigenvalue weighted by molar-refractivity contribution is 0.0940. The Morgan fingerprint density at radius 1 is 1.30 bits per heavy atom. The highest BCUT2D eigenvalue weighted by Crippen LogP contribution is 2.27. The van der Waals surface area contributed by atoms with Gasteiger partial charge in [0.15, 0.2) is 0 Å². The monoisotopic (exact) mass is 365 g/mol. The van der Waals surface area contributed by atoms with E-state index < -0.39 is 0 Å². The average molecular weight is 365 g/mol. The molecule has 0 radical (unpaired) electrons. The quantitative estimate of drug-likeness (QED) is 0.594. The van der Waals surface area contributed by atoms with Crippen molar-refractivity contribution in [3.63, 3.8) is 0 Å². The third kappa shape index (κ3) is 3.07. The lowest BCUT2D eigenvalue weighted by atomic mass is 10.1. The number of hydrogen-bond acceptors (Lipinski definition) is 6. The number of aromatic nitrogens is 6. The summed E-state index contributed by atoms with van der Waals surface area (Å²) in [5, 5.41) is 16.1. The number of aryl methyl sites for hydroxylation is 3. The van der Waals surface area contributed by atoms with E-state index in [2.05, 4.69) is 25.7 Å². The van der Waals surface area contributed by atoms with Crippen molar-refractivity contribution in [1.29, 1.82) is 0 Å². The molecule has 27 heavy (non-hydrogen) atoms. The van der Waals surface area contributed by atoms with Crippen LogP contribution in [0.4, 0.5) is 0 Å². The maximum atomic E-state index is 13.0. The molecular formula is C18H19N7O2. The van der Waals surface area contributed by atoms with Crippen LogP contribution < -0.4 is 5.32 Å². The van der Waals surface area contributed by atoms with Gasteiger partial charge in [-0.2, -0.15) is 10.2 Å². The highest BCUT2D eigenvalue weighted by molar-refractivity contribution is 6.07. The zero-order valence-corrected chi connectivity index (χ0v) is 15.5.